The Morgan fingerprint density at radius 1 is 1.33 bits per heavy atom. The van der Waals surface area contributed by atoms with E-state index < -0.39 is 9.05 Å². The van der Waals surface area contributed by atoms with Crippen molar-refractivity contribution in [1.29, 1.82) is 0 Å². The van der Waals surface area contributed by atoms with Crippen LogP contribution >= 0.6 is 22.3 Å². The van der Waals surface area contributed by atoms with Gasteiger partial charge in [-0.3, -0.25) is 0 Å². The number of hydrogen-bond acceptors (Lipinski definition) is 5. The van der Waals surface area contributed by atoms with E-state index >= 15 is 0 Å². The number of aromatic nitrogens is 4. The molecular formula is C12H14Cl2N4O2S. The summed E-state index contributed by atoms with van der Waals surface area (Å²) in [6.45, 7) is 5.69. The smallest absolute Gasteiger partial charge is 0.242 e. The van der Waals surface area contributed by atoms with Gasteiger partial charge in [-0.1, -0.05) is 25.4 Å². The number of hydrogen-bond donors (Lipinski definition) is 0. The Kier molecular flexibility index (Phi) is 4.55. The van der Waals surface area contributed by atoms with Gasteiger partial charge in [-0.15, -0.1) is 0 Å². The van der Waals surface area contributed by atoms with E-state index in [-0.39, 0.29) is 16.0 Å². The van der Waals surface area contributed by atoms with Gasteiger partial charge < -0.3 is 0 Å². The molecule has 6 nitrogen and oxygen atoms in total. The first-order valence-electron chi connectivity index (χ1n) is 6.21. The van der Waals surface area contributed by atoms with Crippen LogP contribution in [0.2, 0.25) is 5.15 Å². The van der Waals surface area contributed by atoms with E-state index in [0.717, 1.165) is 0 Å². The highest BCUT2D eigenvalue weighted by Gasteiger charge is 2.27. The molecule has 0 amide bonds. The average molecular weight is 349 g/mol. The summed E-state index contributed by atoms with van der Waals surface area (Å²) in [5, 5.41) is 4.19. The fourth-order valence-electron chi connectivity index (χ4n) is 1.89. The standard InChI is InChI=1S/C12H14Cl2N4O2S/c1-7(2)4-9-11(21(14,19)20)12(13)18(17-9)10-5-8(3)15-6-16-10/h5-7H,4H2,1-3H3. The van der Waals surface area contributed by atoms with Crippen LogP contribution in [-0.2, 0) is 15.5 Å². The van der Waals surface area contributed by atoms with Crippen LogP contribution < -0.4 is 0 Å². The van der Waals surface area contributed by atoms with Crippen molar-refractivity contribution in [1.82, 2.24) is 19.7 Å². The number of halogens is 2. The van der Waals surface area contributed by atoms with Gasteiger partial charge in [-0.05, 0) is 19.3 Å². The lowest BCUT2D eigenvalue weighted by Crippen LogP contribution is -2.03. The highest BCUT2D eigenvalue weighted by Crippen LogP contribution is 2.31. The second-order valence-electron chi connectivity index (χ2n) is 5.03. The Hall–Kier alpha value is -1.18. The van der Waals surface area contributed by atoms with Gasteiger partial charge in [-0.2, -0.15) is 5.10 Å². The average Bonchev–Trinajstić information content (AvgIpc) is 2.64. The van der Waals surface area contributed by atoms with E-state index in [9.17, 15) is 8.42 Å². The Labute approximate surface area is 132 Å². The number of nitrogens with zero attached hydrogens (tertiary/aromatic N) is 4. The van der Waals surface area contributed by atoms with Crippen LogP contribution in [0.5, 0.6) is 0 Å². The molecule has 0 saturated heterocycles. The van der Waals surface area contributed by atoms with Gasteiger partial charge in [-0.25, -0.2) is 23.1 Å². The Bertz CT molecular complexity index is 772. The quantitative estimate of drug-likeness (QED) is 0.793. The van der Waals surface area contributed by atoms with Crippen LogP contribution in [0.1, 0.15) is 25.2 Å². The molecule has 0 radical (unpaired) electrons. The van der Waals surface area contributed by atoms with Crippen LogP contribution in [-0.4, -0.2) is 28.2 Å². The molecule has 0 atom stereocenters. The number of rotatable bonds is 4. The third kappa shape index (κ3) is 3.53. The van der Waals surface area contributed by atoms with Gasteiger partial charge in [0, 0.05) is 22.4 Å². The Balaban J connectivity index is 2.67. The van der Waals surface area contributed by atoms with Crippen LogP contribution in [0.25, 0.3) is 5.82 Å². The summed E-state index contributed by atoms with van der Waals surface area (Å²) in [7, 11) is 1.49. The molecule has 9 heteroatoms. The largest absolute Gasteiger partial charge is 0.266 e. The molecule has 0 N–H and O–H groups in total. The van der Waals surface area contributed by atoms with Gasteiger partial charge in [0.15, 0.2) is 11.0 Å². The second kappa shape index (κ2) is 5.90. The van der Waals surface area contributed by atoms with Gasteiger partial charge >= 0.3 is 0 Å². The van der Waals surface area contributed by atoms with Gasteiger partial charge in [0.2, 0.25) is 0 Å². The van der Waals surface area contributed by atoms with E-state index in [1.54, 1.807) is 13.0 Å². The molecule has 2 heterocycles. The minimum absolute atomic E-state index is 0.0706. The fourth-order valence-corrected chi connectivity index (χ4v) is 3.73. The zero-order valence-electron chi connectivity index (χ0n) is 11.7. The van der Waals surface area contributed by atoms with Gasteiger partial charge in [0.1, 0.15) is 11.2 Å². The molecule has 2 aromatic rings. The lowest BCUT2D eigenvalue weighted by atomic mass is 10.1. The molecule has 0 saturated carbocycles. The topological polar surface area (TPSA) is 77.7 Å². The maximum atomic E-state index is 11.8. The van der Waals surface area contributed by atoms with Gasteiger partial charge in [0.25, 0.3) is 9.05 Å². The Morgan fingerprint density at radius 3 is 2.52 bits per heavy atom. The van der Waals surface area contributed by atoms with Crippen molar-refractivity contribution in [2.45, 2.75) is 32.1 Å². The fraction of sp³-hybridized carbons (Fsp3) is 0.417. The van der Waals surface area contributed by atoms with E-state index in [1.165, 1.54) is 11.0 Å². The molecule has 0 aliphatic rings. The second-order valence-corrected chi connectivity index (χ2v) is 7.89. The van der Waals surface area contributed by atoms with Crippen LogP contribution in [0.15, 0.2) is 17.3 Å². The van der Waals surface area contributed by atoms with Crippen molar-refractivity contribution in [3.8, 4) is 5.82 Å². The first-order chi connectivity index (χ1) is 9.70. The van der Waals surface area contributed by atoms with Crippen molar-refractivity contribution in [2.75, 3.05) is 0 Å². The SMILES string of the molecule is Cc1cc(-n2nc(CC(C)C)c(S(=O)(=O)Cl)c2Cl)ncn1. The summed E-state index contributed by atoms with van der Waals surface area (Å²) in [5.74, 6) is 0.595. The van der Waals surface area contributed by atoms with E-state index in [0.29, 0.717) is 23.6 Å². The summed E-state index contributed by atoms with van der Waals surface area (Å²) >= 11 is 6.16. The predicted molar refractivity (Wildman–Crippen MR) is 80.5 cm³/mol. The molecule has 0 unspecified atom stereocenters. The van der Waals surface area contributed by atoms with Crippen molar-refractivity contribution >= 4 is 31.3 Å². The molecule has 0 aliphatic heterocycles. The molecule has 2 rings (SSSR count). The molecule has 0 bridgehead atoms. The third-order valence-electron chi connectivity index (χ3n) is 2.71. The van der Waals surface area contributed by atoms with Crippen molar-refractivity contribution in [3.05, 3.63) is 28.9 Å². The molecule has 2 aromatic heterocycles. The van der Waals surface area contributed by atoms with Crippen LogP contribution in [0.4, 0.5) is 0 Å². The summed E-state index contributed by atoms with van der Waals surface area (Å²) in [4.78, 5) is 7.88. The highest BCUT2D eigenvalue weighted by atomic mass is 35.7. The molecule has 0 aliphatic carbocycles. The van der Waals surface area contributed by atoms with E-state index in [4.69, 9.17) is 22.3 Å². The van der Waals surface area contributed by atoms with E-state index in [2.05, 4.69) is 15.1 Å². The highest BCUT2D eigenvalue weighted by molar-refractivity contribution is 8.13. The first-order valence-corrected chi connectivity index (χ1v) is 8.90. The van der Waals surface area contributed by atoms with E-state index in [1.807, 2.05) is 13.8 Å². The zero-order chi connectivity index (χ0) is 15.8. The summed E-state index contributed by atoms with van der Waals surface area (Å²) < 4.78 is 24.8. The normalized spacial score (nSPS) is 12.1. The molecule has 114 valence electrons. The monoisotopic (exact) mass is 348 g/mol. The molecule has 0 fully saturated rings. The predicted octanol–water partition coefficient (Wildman–Crippen LogP) is 2.75. The molecule has 0 aromatic carbocycles. The number of aryl methyl sites for hydroxylation is 1. The summed E-state index contributed by atoms with van der Waals surface area (Å²) in [6.07, 6.45) is 1.80. The summed E-state index contributed by atoms with van der Waals surface area (Å²) in [6, 6.07) is 1.66. The minimum atomic E-state index is -3.99. The van der Waals surface area contributed by atoms with Crippen molar-refractivity contribution in [3.63, 3.8) is 0 Å². The van der Waals surface area contributed by atoms with Crippen LogP contribution in [0.3, 0.4) is 0 Å². The maximum Gasteiger partial charge on any atom is 0.266 e. The Morgan fingerprint density at radius 2 is 2.00 bits per heavy atom. The summed E-state index contributed by atoms with van der Waals surface area (Å²) in [5.41, 5.74) is 1.05. The lowest BCUT2D eigenvalue weighted by molar-refractivity contribution is 0.600. The van der Waals surface area contributed by atoms with Crippen molar-refractivity contribution in [2.24, 2.45) is 5.92 Å². The van der Waals surface area contributed by atoms with Gasteiger partial charge in [0.05, 0.1) is 5.69 Å². The molecule has 0 spiro atoms. The molecular weight excluding hydrogens is 335 g/mol. The minimum Gasteiger partial charge on any atom is -0.242 e. The maximum absolute atomic E-state index is 11.8. The zero-order valence-corrected chi connectivity index (χ0v) is 14.0. The third-order valence-corrected chi connectivity index (χ3v) is 4.55. The molecule has 21 heavy (non-hydrogen) atoms. The first kappa shape index (κ1) is 16.2. The van der Waals surface area contributed by atoms with Crippen LogP contribution in [0, 0.1) is 12.8 Å². The lowest BCUT2D eigenvalue weighted by Gasteiger charge is -2.02. The van der Waals surface area contributed by atoms with Crippen molar-refractivity contribution < 1.29 is 8.42 Å².